The van der Waals surface area contributed by atoms with Crippen LogP contribution in [0, 0.1) is 5.92 Å². The van der Waals surface area contributed by atoms with Gasteiger partial charge in [0.15, 0.2) is 0 Å². The van der Waals surface area contributed by atoms with Crippen LogP contribution in [0.15, 0.2) is 0 Å². The van der Waals surface area contributed by atoms with E-state index in [9.17, 15) is 0 Å². The monoisotopic (exact) mass is 283 g/mol. The molecule has 0 bridgehead atoms. The van der Waals surface area contributed by atoms with E-state index in [1.54, 1.807) is 0 Å². The van der Waals surface area contributed by atoms with Crippen molar-refractivity contribution in [1.29, 1.82) is 0 Å². The minimum absolute atomic E-state index is 0.168. The van der Waals surface area contributed by atoms with E-state index in [2.05, 4.69) is 37.5 Å². The van der Waals surface area contributed by atoms with Crippen molar-refractivity contribution in [1.82, 2.24) is 9.80 Å². The Balaban J connectivity index is 2.07. The maximum atomic E-state index is 6.23. The van der Waals surface area contributed by atoms with Crippen LogP contribution >= 0.6 is 0 Å². The van der Waals surface area contributed by atoms with Crippen LogP contribution in [0.3, 0.4) is 0 Å². The number of piperazine rings is 1. The number of nitrogens with two attached hydrogens (primary N) is 1. The van der Waals surface area contributed by atoms with Crippen LogP contribution in [0.5, 0.6) is 0 Å². The number of likely N-dealkylation sites (N-methyl/N-ethyl adjacent to an activating group) is 1. The molecule has 0 aromatic rings. The van der Waals surface area contributed by atoms with E-state index in [0.717, 1.165) is 45.6 Å². The first-order valence-corrected chi connectivity index (χ1v) is 8.33. The van der Waals surface area contributed by atoms with Gasteiger partial charge in [-0.15, -0.1) is 0 Å². The molecule has 4 heteroatoms. The van der Waals surface area contributed by atoms with Crippen molar-refractivity contribution in [2.24, 2.45) is 11.7 Å². The fourth-order valence-electron chi connectivity index (χ4n) is 3.86. The fraction of sp³-hybridized carbons (Fsp3) is 1.00. The highest BCUT2D eigenvalue weighted by Crippen LogP contribution is 2.34. The average Bonchev–Trinajstić information content (AvgIpc) is 2.47. The first kappa shape index (κ1) is 16.2. The van der Waals surface area contributed by atoms with Gasteiger partial charge < -0.3 is 10.5 Å². The third-order valence-electron chi connectivity index (χ3n) is 5.45. The van der Waals surface area contributed by atoms with Gasteiger partial charge in [-0.05, 0) is 32.2 Å². The molecular formula is C16H33N3O. The number of nitrogens with zero attached hydrogens (tertiary/aromatic N) is 2. The van der Waals surface area contributed by atoms with Gasteiger partial charge in [0.1, 0.15) is 0 Å². The smallest absolute Gasteiger partial charge is 0.0616 e. The molecule has 2 N–H and O–H groups in total. The highest BCUT2D eigenvalue weighted by molar-refractivity contribution is 4.99. The van der Waals surface area contributed by atoms with Crippen LogP contribution in [0.4, 0.5) is 0 Å². The molecule has 2 aliphatic rings. The molecule has 2 saturated heterocycles. The third kappa shape index (κ3) is 3.19. The van der Waals surface area contributed by atoms with E-state index in [1.165, 1.54) is 6.54 Å². The Hall–Kier alpha value is -0.160. The maximum Gasteiger partial charge on any atom is 0.0616 e. The van der Waals surface area contributed by atoms with Crippen LogP contribution < -0.4 is 5.73 Å². The van der Waals surface area contributed by atoms with Crippen LogP contribution in [-0.2, 0) is 4.74 Å². The van der Waals surface area contributed by atoms with Crippen LogP contribution in [0.2, 0.25) is 0 Å². The molecular weight excluding hydrogens is 250 g/mol. The number of rotatable bonds is 4. The lowest BCUT2D eigenvalue weighted by Crippen LogP contribution is -2.65. The summed E-state index contributed by atoms with van der Waals surface area (Å²) < 4.78 is 5.96. The van der Waals surface area contributed by atoms with Gasteiger partial charge in [-0.3, -0.25) is 9.80 Å². The van der Waals surface area contributed by atoms with Gasteiger partial charge in [0.05, 0.1) is 6.10 Å². The minimum atomic E-state index is 0.168. The molecule has 2 heterocycles. The second-order valence-corrected chi connectivity index (χ2v) is 6.96. The van der Waals surface area contributed by atoms with Crippen molar-refractivity contribution in [3.63, 3.8) is 0 Å². The van der Waals surface area contributed by atoms with Crippen LogP contribution in [-0.4, -0.2) is 66.8 Å². The van der Waals surface area contributed by atoms with Crippen molar-refractivity contribution >= 4 is 0 Å². The Labute approximate surface area is 124 Å². The van der Waals surface area contributed by atoms with Gasteiger partial charge in [0.25, 0.3) is 0 Å². The first-order valence-electron chi connectivity index (χ1n) is 8.33. The number of hydrogen-bond donors (Lipinski definition) is 1. The Morgan fingerprint density at radius 3 is 2.65 bits per heavy atom. The summed E-state index contributed by atoms with van der Waals surface area (Å²) >= 11 is 0. The molecule has 2 rings (SSSR count). The lowest BCUT2D eigenvalue weighted by atomic mass is 9.81. The molecule has 20 heavy (non-hydrogen) atoms. The zero-order valence-electron chi connectivity index (χ0n) is 13.8. The summed E-state index contributed by atoms with van der Waals surface area (Å²) in [5, 5.41) is 0. The summed E-state index contributed by atoms with van der Waals surface area (Å²) in [6.07, 6.45) is 2.55. The summed E-state index contributed by atoms with van der Waals surface area (Å²) in [7, 11) is 0. The summed E-state index contributed by atoms with van der Waals surface area (Å²) in [6, 6.07) is 0.637. The summed E-state index contributed by atoms with van der Waals surface area (Å²) in [6.45, 7) is 15.4. The van der Waals surface area contributed by atoms with Crippen molar-refractivity contribution in [3.8, 4) is 0 Å². The van der Waals surface area contributed by atoms with E-state index >= 15 is 0 Å². The number of hydrogen-bond acceptors (Lipinski definition) is 4. The molecule has 0 radical (unpaired) electrons. The lowest BCUT2D eigenvalue weighted by Gasteiger charge is -2.53. The van der Waals surface area contributed by atoms with Gasteiger partial charge in [-0.2, -0.15) is 0 Å². The molecule has 0 aromatic carbocycles. The van der Waals surface area contributed by atoms with E-state index in [-0.39, 0.29) is 5.54 Å². The van der Waals surface area contributed by atoms with Gasteiger partial charge in [0.2, 0.25) is 0 Å². The molecule has 0 spiro atoms. The maximum absolute atomic E-state index is 6.23. The molecule has 0 aliphatic carbocycles. The second kappa shape index (κ2) is 6.73. The largest absolute Gasteiger partial charge is 0.378 e. The van der Waals surface area contributed by atoms with Crippen molar-refractivity contribution in [2.45, 2.75) is 58.2 Å². The van der Waals surface area contributed by atoms with Gasteiger partial charge in [-0.1, -0.05) is 20.8 Å². The summed E-state index contributed by atoms with van der Waals surface area (Å²) in [4.78, 5) is 5.24. The summed E-state index contributed by atoms with van der Waals surface area (Å²) in [5.74, 6) is 0.579. The topological polar surface area (TPSA) is 41.7 Å². The lowest BCUT2D eigenvalue weighted by molar-refractivity contribution is -0.101. The molecule has 0 aromatic heterocycles. The molecule has 4 nitrogen and oxygen atoms in total. The number of ether oxygens (including phenoxy) is 1. The van der Waals surface area contributed by atoms with Crippen LogP contribution in [0.1, 0.15) is 40.5 Å². The molecule has 2 fully saturated rings. The predicted molar refractivity (Wildman–Crippen MR) is 83.9 cm³/mol. The molecule has 3 atom stereocenters. The van der Waals surface area contributed by atoms with Crippen LogP contribution in [0.25, 0.3) is 0 Å². The normalized spacial score (nSPS) is 37.5. The van der Waals surface area contributed by atoms with Crippen molar-refractivity contribution < 1.29 is 4.74 Å². The zero-order chi connectivity index (χ0) is 14.8. The first-order chi connectivity index (χ1) is 9.52. The second-order valence-electron chi connectivity index (χ2n) is 6.96. The fourth-order valence-corrected chi connectivity index (χ4v) is 3.86. The minimum Gasteiger partial charge on any atom is -0.378 e. The summed E-state index contributed by atoms with van der Waals surface area (Å²) in [5.41, 5.74) is 6.40. The molecule has 0 saturated carbocycles. The van der Waals surface area contributed by atoms with Crippen molar-refractivity contribution in [3.05, 3.63) is 0 Å². The molecule has 3 unspecified atom stereocenters. The van der Waals surface area contributed by atoms with E-state index in [4.69, 9.17) is 10.5 Å². The molecule has 2 aliphatic heterocycles. The zero-order valence-corrected chi connectivity index (χ0v) is 13.8. The predicted octanol–water partition coefficient (Wildman–Crippen LogP) is 1.54. The standard InChI is InChI=1S/C16H33N3O/c1-5-18-7-8-19(11-14(18)4)16(12-17)6-9-20-15(10-16)13(2)3/h13-15H,5-12,17H2,1-4H3. The van der Waals surface area contributed by atoms with Gasteiger partial charge >= 0.3 is 0 Å². The third-order valence-corrected chi connectivity index (χ3v) is 5.45. The quantitative estimate of drug-likeness (QED) is 0.850. The average molecular weight is 283 g/mol. The highest BCUT2D eigenvalue weighted by Gasteiger charge is 2.43. The van der Waals surface area contributed by atoms with Gasteiger partial charge in [0, 0.05) is 44.4 Å². The Kier molecular flexibility index (Phi) is 5.46. The SMILES string of the molecule is CCN1CCN(C2(CN)CCOC(C(C)C)C2)CC1C. The van der Waals surface area contributed by atoms with E-state index in [1.807, 2.05) is 0 Å². The van der Waals surface area contributed by atoms with Gasteiger partial charge in [-0.25, -0.2) is 0 Å². The Bertz CT molecular complexity index is 310. The Morgan fingerprint density at radius 1 is 1.35 bits per heavy atom. The van der Waals surface area contributed by atoms with E-state index < -0.39 is 0 Å². The van der Waals surface area contributed by atoms with Crippen molar-refractivity contribution in [2.75, 3.05) is 39.3 Å². The highest BCUT2D eigenvalue weighted by atomic mass is 16.5. The molecule has 0 amide bonds. The van der Waals surface area contributed by atoms with E-state index in [0.29, 0.717) is 18.1 Å². The Morgan fingerprint density at radius 2 is 2.10 bits per heavy atom. The molecule has 118 valence electrons.